The maximum atomic E-state index is 14.7. The molecule has 1 aliphatic rings. The van der Waals surface area contributed by atoms with Crippen LogP contribution in [0.2, 0.25) is 0 Å². The molecule has 0 N–H and O–H groups in total. The lowest BCUT2D eigenvalue weighted by Gasteiger charge is -2.29. The Kier molecular flexibility index (Phi) is 6.80. The van der Waals surface area contributed by atoms with Crippen molar-refractivity contribution in [1.82, 2.24) is 0 Å². The summed E-state index contributed by atoms with van der Waals surface area (Å²) >= 11 is 0. The van der Waals surface area contributed by atoms with Crippen LogP contribution in [0.25, 0.3) is 0 Å². The van der Waals surface area contributed by atoms with Gasteiger partial charge in [-0.1, -0.05) is 51.7 Å². The van der Waals surface area contributed by atoms with Crippen molar-refractivity contribution < 1.29 is 9.18 Å². The lowest BCUT2D eigenvalue weighted by molar-refractivity contribution is 0.0987. The summed E-state index contributed by atoms with van der Waals surface area (Å²) < 4.78 is 14.7. The molecule has 1 aromatic rings. The molecule has 0 radical (unpaired) electrons. The van der Waals surface area contributed by atoms with Crippen LogP contribution in [-0.2, 0) is 0 Å². The summed E-state index contributed by atoms with van der Waals surface area (Å²) in [5.41, 5.74) is 1.93. The third-order valence-electron chi connectivity index (χ3n) is 5.54. The second-order valence-corrected chi connectivity index (χ2v) is 7.13. The van der Waals surface area contributed by atoms with E-state index in [9.17, 15) is 9.18 Å². The molecule has 0 aliphatic heterocycles. The molecule has 128 valence electrons. The topological polar surface area (TPSA) is 17.1 Å². The second kappa shape index (κ2) is 8.61. The van der Waals surface area contributed by atoms with Crippen LogP contribution in [-0.4, -0.2) is 5.78 Å². The van der Waals surface area contributed by atoms with Gasteiger partial charge >= 0.3 is 0 Å². The normalized spacial score (nSPS) is 21.4. The van der Waals surface area contributed by atoms with Gasteiger partial charge in [-0.15, -0.1) is 0 Å². The fraction of sp³-hybridized carbons (Fsp3) is 0.667. The van der Waals surface area contributed by atoms with Crippen LogP contribution in [0.1, 0.15) is 99.0 Å². The number of rotatable bonds is 7. The summed E-state index contributed by atoms with van der Waals surface area (Å²) in [6.07, 6.45) is 10.4. The Balaban J connectivity index is 2.01. The summed E-state index contributed by atoms with van der Waals surface area (Å²) in [5, 5.41) is 0. The van der Waals surface area contributed by atoms with E-state index >= 15 is 0 Å². The lowest BCUT2D eigenvalue weighted by atomic mass is 9.76. The molecule has 1 fully saturated rings. The van der Waals surface area contributed by atoms with E-state index in [-0.39, 0.29) is 11.6 Å². The van der Waals surface area contributed by atoms with Gasteiger partial charge in [0.2, 0.25) is 0 Å². The van der Waals surface area contributed by atoms with Crippen molar-refractivity contribution in [3.05, 3.63) is 34.6 Å². The lowest BCUT2D eigenvalue weighted by Crippen LogP contribution is -2.15. The zero-order valence-corrected chi connectivity index (χ0v) is 15.0. The minimum Gasteiger partial charge on any atom is -0.294 e. The van der Waals surface area contributed by atoms with Crippen LogP contribution in [0.5, 0.6) is 0 Å². The third kappa shape index (κ3) is 4.43. The highest BCUT2D eigenvalue weighted by atomic mass is 19.1. The van der Waals surface area contributed by atoms with Gasteiger partial charge in [0, 0.05) is 12.0 Å². The van der Waals surface area contributed by atoms with Gasteiger partial charge in [0.25, 0.3) is 0 Å². The number of ketones is 1. The highest BCUT2D eigenvalue weighted by molar-refractivity contribution is 5.97. The number of hydrogen-bond acceptors (Lipinski definition) is 1. The SMILES string of the molecule is CCCCCC1CCC(c2ccc(C(=O)CC)c(C)c2F)CC1. The Morgan fingerprint density at radius 1 is 1.13 bits per heavy atom. The highest BCUT2D eigenvalue weighted by Crippen LogP contribution is 2.39. The van der Waals surface area contributed by atoms with Gasteiger partial charge in [-0.3, -0.25) is 4.79 Å². The first kappa shape index (κ1) is 18.2. The van der Waals surface area contributed by atoms with Crippen LogP contribution in [0.4, 0.5) is 4.39 Å². The average molecular weight is 318 g/mol. The van der Waals surface area contributed by atoms with E-state index in [1.54, 1.807) is 6.92 Å². The molecule has 1 nitrogen and oxygen atoms in total. The minimum atomic E-state index is -0.140. The van der Waals surface area contributed by atoms with Crippen molar-refractivity contribution in [2.45, 2.75) is 84.5 Å². The first-order valence-electron chi connectivity index (χ1n) is 9.40. The smallest absolute Gasteiger partial charge is 0.162 e. The monoisotopic (exact) mass is 318 g/mol. The number of benzene rings is 1. The van der Waals surface area contributed by atoms with Crippen LogP contribution in [0, 0.1) is 18.7 Å². The molecule has 0 heterocycles. The Morgan fingerprint density at radius 2 is 1.83 bits per heavy atom. The Labute approximate surface area is 140 Å². The number of hydrogen-bond donors (Lipinski definition) is 0. The summed E-state index contributed by atoms with van der Waals surface area (Å²) in [5.74, 6) is 1.07. The maximum Gasteiger partial charge on any atom is 0.162 e. The standard InChI is InChI=1S/C21H31FO/c1-4-6-7-8-16-9-11-17(12-10-16)19-14-13-18(20(23)5-2)15(3)21(19)22/h13-14,16-17H,4-12H2,1-3H3. The van der Waals surface area contributed by atoms with Gasteiger partial charge in [-0.25, -0.2) is 4.39 Å². The van der Waals surface area contributed by atoms with Crippen molar-refractivity contribution in [3.63, 3.8) is 0 Å². The van der Waals surface area contributed by atoms with Crippen molar-refractivity contribution in [2.24, 2.45) is 5.92 Å². The summed E-state index contributed by atoms with van der Waals surface area (Å²) in [6, 6.07) is 3.71. The van der Waals surface area contributed by atoms with E-state index in [1.165, 1.54) is 38.5 Å². The molecule has 1 saturated carbocycles. The summed E-state index contributed by atoms with van der Waals surface area (Å²) in [7, 11) is 0. The van der Waals surface area contributed by atoms with E-state index in [0.717, 1.165) is 24.3 Å². The van der Waals surface area contributed by atoms with Gasteiger partial charge in [0.15, 0.2) is 5.78 Å². The number of Topliss-reactive ketones (excluding diaryl/α,β-unsaturated/α-hetero) is 1. The Bertz CT molecular complexity index is 527. The average Bonchev–Trinajstić information content (AvgIpc) is 2.57. The molecular weight excluding hydrogens is 287 g/mol. The minimum absolute atomic E-state index is 0.0348. The molecule has 0 spiro atoms. The summed E-state index contributed by atoms with van der Waals surface area (Å²) in [6.45, 7) is 5.82. The molecule has 23 heavy (non-hydrogen) atoms. The molecule has 0 amide bonds. The number of unbranched alkanes of at least 4 members (excludes halogenated alkanes) is 2. The summed E-state index contributed by atoms with van der Waals surface area (Å²) in [4.78, 5) is 11.9. The number of carbonyl (C=O) groups is 1. The van der Waals surface area contributed by atoms with Gasteiger partial charge in [-0.05, 0) is 55.6 Å². The maximum absolute atomic E-state index is 14.7. The fourth-order valence-electron chi connectivity index (χ4n) is 3.96. The molecule has 0 bridgehead atoms. The molecule has 1 aliphatic carbocycles. The number of carbonyl (C=O) groups excluding carboxylic acids is 1. The molecule has 2 rings (SSSR count). The first-order valence-corrected chi connectivity index (χ1v) is 9.40. The second-order valence-electron chi connectivity index (χ2n) is 7.13. The van der Waals surface area contributed by atoms with E-state index < -0.39 is 0 Å². The molecule has 0 aromatic heterocycles. The molecule has 1 aromatic carbocycles. The molecule has 0 saturated heterocycles. The molecule has 0 unspecified atom stereocenters. The molecule has 0 atom stereocenters. The van der Waals surface area contributed by atoms with Gasteiger partial charge in [-0.2, -0.15) is 0 Å². The van der Waals surface area contributed by atoms with E-state index in [0.29, 0.717) is 23.5 Å². The predicted molar refractivity (Wildman–Crippen MR) is 94.6 cm³/mol. The zero-order valence-electron chi connectivity index (χ0n) is 15.0. The Morgan fingerprint density at radius 3 is 2.43 bits per heavy atom. The van der Waals surface area contributed by atoms with Gasteiger partial charge in [0.1, 0.15) is 5.82 Å². The van der Waals surface area contributed by atoms with Gasteiger partial charge in [0.05, 0.1) is 0 Å². The van der Waals surface area contributed by atoms with Crippen LogP contribution >= 0.6 is 0 Å². The van der Waals surface area contributed by atoms with Gasteiger partial charge < -0.3 is 0 Å². The van der Waals surface area contributed by atoms with E-state index in [4.69, 9.17) is 0 Å². The first-order chi connectivity index (χ1) is 11.1. The predicted octanol–water partition coefficient (Wildman–Crippen LogP) is 6.58. The Hall–Kier alpha value is -1.18. The van der Waals surface area contributed by atoms with E-state index in [2.05, 4.69) is 6.92 Å². The van der Waals surface area contributed by atoms with Crippen LogP contribution in [0.15, 0.2) is 12.1 Å². The highest BCUT2D eigenvalue weighted by Gasteiger charge is 2.25. The van der Waals surface area contributed by atoms with Crippen LogP contribution < -0.4 is 0 Å². The van der Waals surface area contributed by atoms with Crippen molar-refractivity contribution in [3.8, 4) is 0 Å². The van der Waals surface area contributed by atoms with Crippen molar-refractivity contribution in [1.29, 1.82) is 0 Å². The largest absolute Gasteiger partial charge is 0.294 e. The van der Waals surface area contributed by atoms with Crippen molar-refractivity contribution in [2.75, 3.05) is 0 Å². The quantitative estimate of drug-likeness (QED) is 0.410. The van der Waals surface area contributed by atoms with Crippen molar-refractivity contribution >= 4 is 5.78 Å². The fourth-order valence-corrected chi connectivity index (χ4v) is 3.96. The molecular formula is C21H31FO. The zero-order chi connectivity index (χ0) is 16.8. The molecule has 2 heteroatoms. The number of halogens is 1. The van der Waals surface area contributed by atoms with E-state index in [1.807, 2.05) is 19.1 Å². The third-order valence-corrected chi connectivity index (χ3v) is 5.54. The van der Waals surface area contributed by atoms with Crippen LogP contribution in [0.3, 0.4) is 0 Å².